The molecule has 2 rings (SSSR count). The molecule has 1 saturated carbocycles. The Morgan fingerprint density at radius 2 is 2.11 bits per heavy atom. The third-order valence-corrected chi connectivity index (χ3v) is 4.85. The summed E-state index contributed by atoms with van der Waals surface area (Å²) in [7, 11) is 0. The van der Waals surface area contributed by atoms with Crippen LogP contribution < -0.4 is 11.1 Å². The summed E-state index contributed by atoms with van der Waals surface area (Å²) in [4.78, 5) is 13.2. The van der Waals surface area contributed by atoms with Gasteiger partial charge >= 0.3 is 0 Å². The summed E-state index contributed by atoms with van der Waals surface area (Å²) in [5.41, 5.74) is 7.71. The first-order valence-electron chi connectivity index (χ1n) is 6.89. The lowest BCUT2D eigenvalue weighted by atomic mass is 10.2. The Kier molecular flexibility index (Phi) is 4.75. The first kappa shape index (κ1) is 14.3. The maximum atomic E-state index is 12.1. The fourth-order valence-corrected chi connectivity index (χ4v) is 3.39. The standard InChI is InChI=1S/C15H22N2OS/c1-10-7-8-12(16)9-14(10)19-11(2)15(18)17-13-5-3-4-6-13/h7-9,11,13H,3-6,16H2,1-2H3,(H,17,18). The third kappa shape index (κ3) is 3.90. The minimum absolute atomic E-state index is 0.0823. The molecule has 0 heterocycles. The number of carbonyl (C=O) groups excluding carboxylic acids is 1. The molecule has 0 radical (unpaired) electrons. The zero-order valence-corrected chi connectivity index (χ0v) is 12.4. The molecule has 1 atom stereocenters. The second-order valence-electron chi connectivity index (χ2n) is 5.27. The van der Waals surface area contributed by atoms with E-state index in [0.29, 0.717) is 6.04 Å². The summed E-state index contributed by atoms with van der Waals surface area (Å²) in [6.07, 6.45) is 4.72. The molecule has 1 unspecified atom stereocenters. The molecule has 1 aliphatic carbocycles. The number of hydrogen-bond donors (Lipinski definition) is 2. The zero-order chi connectivity index (χ0) is 13.8. The molecule has 4 heteroatoms. The van der Waals surface area contributed by atoms with Crippen molar-refractivity contribution in [1.29, 1.82) is 0 Å². The van der Waals surface area contributed by atoms with Gasteiger partial charge in [-0.1, -0.05) is 18.9 Å². The van der Waals surface area contributed by atoms with Crippen LogP contribution in [0.25, 0.3) is 0 Å². The maximum Gasteiger partial charge on any atom is 0.233 e. The number of thioether (sulfide) groups is 1. The Balaban J connectivity index is 1.93. The second kappa shape index (κ2) is 6.33. The van der Waals surface area contributed by atoms with Gasteiger partial charge in [-0.05, 0) is 44.4 Å². The average Bonchev–Trinajstić information content (AvgIpc) is 2.86. The van der Waals surface area contributed by atoms with Crippen LogP contribution in [-0.4, -0.2) is 17.2 Å². The highest BCUT2D eigenvalue weighted by atomic mass is 32.2. The Morgan fingerprint density at radius 3 is 2.79 bits per heavy atom. The van der Waals surface area contributed by atoms with Gasteiger partial charge in [0, 0.05) is 16.6 Å². The zero-order valence-electron chi connectivity index (χ0n) is 11.6. The molecule has 104 valence electrons. The van der Waals surface area contributed by atoms with Gasteiger partial charge in [-0.15, -0.1) is 11.8 Å². The summed E-state index contributed by atoms with van der Waals surface area (Å²) in [5, 5.41) is 3.06. The Morgan fingerprint density at radius 1 is 1.42 bits per heavy atom. The minimum Gasteiger partial charge on any atom is -0.399 e. The van der Waals surface area contributed by atoms with Crippen molar-refractivity contribution in [2.45, 2.75) is 55.7 Å². The van der Waals surface area contributed by atoms with E-state index in [2.05, 4.69) is 5.32 Å². The minimum atomic E-state index is -0.0823. The number of rotatable bonds is 4. The van der Waals surface area contributed by atoms with E-state index in [0.717, 1.165) is 23.4 Å². The Hall–Kier alpha value is -1.16. The normalized spacial score (nSPS) is 17.4. The van der Waals surface area contributed by atoms with Gasteiger partial charge in [-0.2, -0.15) is 0 Å². The smallest absolute Gasteiger partial charge is 0.233 e. The van der Waals surface area contributed by atoms with Crippen LogP contribution in [0.15, 0.2) is 23.1 Å². The SMILES string of the molecule is Cc1ccc(N)cc1SC(C)C(=O)NC1CCCC1. The molecule has 3 nitrogen and oxygen atoms in total. The highest BCUT2D eigenvalue weighted by Gasteiger charge is 2.21. The Labute approximate surface area is 119 Å². The van der Waals surface area contributed by atoms with Gasteiger partial charge in [0.1, 0.15) is 0 Å². The molecule has 0 bridgehead atoms. The highest BCUT2D eigenvalue weighted by Crippen LogP contribution is 2.29. The number of carbonyl (C=O) groups is 1. The number of amides is 1. The second-order valence-corrected chi connectivity index (χ2v) is 6.66. The number of nitrogens with one attached hydrogen (secondary N) is 1. The van der Waals surface area contributed by atoms with Crippen molar-refractivity contribution in [1.82, 2.24) is 5.32 Å². The van der Waals surface area contributed by atoms with Gasteiger partial charge in [0.2, 0.25) is 5.91 Å². The van der Waals surface area contributed by atoms with E-state index in [9.17, 15) is 4.79 Å². The monoisotopic (exact) mass is 278 g/mol. The summed E-state index contributed by atoms with van der Waals surface area (Å²) >= 11 is 1.58. The van der Waals surface area contributed by atoms with Crippen molar-refractivity contribution in [3.8, 4) is 0 Å². The number of aryl methyl sites for hydroxylation is 1. The molecule has 1 amide bonds. The van der Waals surface area contributed by atoms with E-state index in [1.807, 2.05) is 32.0 Å². The molecule has 0 aromatic heterocycles. The van der Waals surface area contributed by atoms with Crippen molar-refractivity contribution in [2.75, 3.05) is 5.73 Å². The number of benzene rings is 1. The van der Waals surface area contributed by atoms with Gasteiger partial charge in [0.25, 0.3) is 0 Å². The first-order valence-corrected chi connectivity index (χ1v) is 7.77. The van der Waals surface area contributed by atoms with Crippen LogP contribution in [0.3, 0.4) is 0 Å². The Bertz CT molecular complexity index is 455. The number of nitrogens with two attached hydrogens (primary N) is 1. The summed E-state index contributed by atoms with van der Waals surface area (Å²) in [6, 6.07) is 6.22. The summed E-state index contributed by atoms with van der Waals surface area (Å²) < 4.78 is 0. The van der Waals surface area contributed by atoms with Gasteiger partial charge in [-0.25, -0.2) is 0 Å². The molecule has 19 heavy (non-hydrogen) atoms. The van der Waals surface area contributed by atoms with Crippen LogP contribution >= 0.6 is 11.8 Å². The van der Waals surface area contributed by atoms with Crippen LogP contribution in [0.5, 0.6) is 0 Å². The summed E-state index contributed by atoms with van der Waals surface area (Å²) in [6.45, 7) is 4.00. The van der Waals surface area contributed by atoms with Crippen LogP contribution in [-0.2, 0) is 4.79 Å². The molecule has 0 aliphatic heterocycles. The fourth-order valence-electron chi connectivity index (χ4n) is 2.38. The summed E-state index contributed by atoms with van der Waals surface area (Å²) in [5.74, 6) is 0.138. The van der Waals surface area contributed by atoms with E-state index in [1.54, 1.807) is 11.8 Å². The molecule has 0 spiro atoms. The molecule has 0 saturated heterocycles. The fraction of sp³-hybridized carbons (Fsp3) is 0.533. The highest BCUT2D eigenvalue weighted by molar-refractivity contribution is 8.00. The van der Waals surface area contributed by atoms with E-state index in [1.165, 1.54) is 18.4 Å². The van der Waals surface area contributed by atoms with E-state index in [-0.39, 0.29) is 11.2 Å². The van der Waals surface area contributed by atoms with E-state index < -0.39 is 0 Å². The number of anilines is 1. The van der Waals surface area contributed by atoms with Crippen molar-refractivity contribution in [2.24, 2.45) is 0 Å². The van der Waals surface area contributed by atoms with Crippen molar-refractivity contribution in [3.63, 3.8) is 0 Å². The lowest BCUT2D eigenvalue weighted by molar-refractivity contribution is -0.120. The van der Waals surface area contributed by atoms with Gasteiger partial charge < -0.3 is 11.1 Å². The lowest BCUT2D eigenvalue weighted by Gasteiger charge is -2.17. The van der Waals surface area contributed by atoms with Crippen molar-refractivity contribution >= 4 is 23.4 Å². The van der Waals surface area contributed by atoms with E-state index >= 15 is 0 Å². The predicted molar refractivity (Wildman–Crippen MR) is 81.3 cm³/mol. The number of hydrogen-bond acceptors (Lipinski definition) is 3. The first-order chi connectivity index (χ1) is 9.06. The van der Waals surface area contributed by atoms with Crippen LogP contribution in [0.4, 0.5) is 5.69 Å². The quantitative estimate of drug-likeness (QED) is 0.657. The predicted octanol–water partition coefficient (Wildman–Crippen LogP) is 3.12. The van der Waals surface area contributed by atoms with Crippen LogP contribution in [0.2, 0.25) is 0 Å². The molecule has 1 aromatic carbocycles. The average molecular weight is 278 g/mol. The molecule has 3 N–H and O–H groups in total. The largest absolute Gasteiger partial charge is 0.399 e. The molecular weight excluding hydrogens is 256 g/mol. The van der Waals surface area contributed by atoms with Gasteiger partial charge in [-0.3, -0.25) is 4.79 Å². The van der Waals surface area contributed by atoms with Crippen LogP contribution in [0, 0.1) is 6.92 Å². The van der Waals surface area contributed by atoms with Crippen LogP contribution in [0.1, 0.15) is 38.2 Å². The molecule has 1 aliphatic rings. The number of nitrogen functional groups attached to an aromatic ring is 1. The molecular formula is C15H22N2OS. The van der Waals surface area contributed by atoms with Gasteiger partial charge in [0.15, 0.2) is 0 Å². The maximum absolute atomic E-state index is 12.1. The molecule has 1 fully saturated rings. The lowest BCUT2D eigenvalue weighted by Crippen LogP contribution is -2.37. The van der Waals surface area contributed by atoms with E-state index in [4.69, 9.17) is 5.73 Å². The van der Waals surface area contributed by atoms with Crippen molar-refractivity contribution in [3.05, 3.63) is 23.8 Å². The third-order valence-electron chi connectivity index (χ3n) is 3.59. The van der Waals surface area contributed by atoms with Crippen molar-refractivity contribution < 1.29 is 4.79 Å². The van der Waals surface area contributed by atoms with Gasteiger partial charge in [0.05, 0.1) is 5.25 Å². The topological polar surface area (TPSA) is 55.1 Å². The molecule has 1 aromatic rings.